The molecule has 1 saturated heterocycles. The first-order valence-electron chi connectivity index (χ1n) is 6.79. The molecule has 0 aliphatic carbocycles. The van der Waals surface area contributed by atoms with Gasteiger partial charge in [0.15, 0.2) is 0 Å². The van der Waals surface area contributed by atoms with Crippen LogP contribution in [0.2, 0.25) is 0 Å². The van der Waals surface area contributed by atoms with Crippen LogP contribution in [0.1, 0.15) is 18.5 Å². The van der Waals surface area contributed by atoms with Crippen molar-refractivity contribution >= 4 is 11.3 Å². The molecule has 1 aromatic carbocycles. The van der Waals surface area contributed by atoms with Gasteiger partial charge in [-0.25, -0.2) is 0 Å². The Labute approximate surface area is 118 Å². The van der Waals surface area contributed by atoms with Gasteiger partial charge in [-0.15, -0.1) is 0 Å². The van der Waals surface area contributed by atoms with Crippen molar-refractivity contribution in [1.82, 2.24) is 4.90 Å². The van der Waals surface area contributed by atoms with E-state index in [1.165, 1.54) is 16.7 Å². The van der Waals surface area contributed by atoms with Crippen LogP contribution in [0.4, 0.5) is 0 Å². The van der Waals surface area contributed by atoms with Crippen LogP contribution in [0.5, 0.6) is 0 Å². The molecule has 1 aliphatic rings. The van der Waals surface area contributed by atoms with Gasteiger partial charge in [0.1, 0.15) is 0 Å². The van der Waals surface area contributed by atoms with Crippen LogP contribution in [-0.2, 0) is 4.74 Å². The zero-order valence-corrected chi connectivity index (χ0v) is 12.0. The summed E-state index contributed by atoms with van der Waals surface area (Å²) in [5.74, 6) is 0. The largest absolute Gasteiger partial charge is 0.379 e. The number of hydrogen-bond acceptors (Lipinski definition) is 3. The van der Waals surface area contributed by atoms with Crippen molar-refractivity contribution in [3.05, 3.63) is 46.7 Å². The number of morpholine rings is 1. The van der Waals surface area contributed by atoms with E-state index in [4.69, 9.17) is 4.74 Å². The molecule has 2 aromatic rings. The summed E-state index contributed by atoms with van der Waals surface area (Å²) in [6.45, 7) is 6.07. The van der Waals surface area contributed by atoms with Crippen LogP contribution in [0.15, 0.2) is 41.1 Å². The second kappa shape index (κ2) is 5.87. The Hall–Kier alpha value is -1.16. The second-order valence-electron chi connectivity index (χ2n) is 4.96. The Bertz CT molecular complexity index is 500. The normalized spacial score (nSPS) is 18.4. The van der Waals surface area contributed by atoms with E-state index in [0.717, 1.165) is 26.3 Å². The lowest BCUT2D eigenvalue weighted by Gasteiger charge is -2.32. The predicted molar refractivity (Wildman–Crippen MR) is 80.6 cm³/mol. The molecule has 0 N–H and O–H groups in total. The average Bonchev–Trinajstić information content (AvgIpc) is 3.02. The molecule has 0 radical (unpaired) electrons. The summed E-state index contributed by atoms with van der Waals surface area (Å²) < 4.78 is 5.41. The lowest BCUT2D eigenvalue weighted by Crippen LogP contribution is -2.37. The highest BCUT2D eigenvalue weighted by molar-refractivity contribution is 7.08. The number of nitrogens with zero attached hydrogens (tertiary/aromatic N) is 1. The molecular weight excluding hydrogens is 254 g/mol. The van der Waals surface area contributed by atoms with Gasteiger partial charge >= 0.3 is 0 Å². The van der Waals surface area contributed by atoms with Gasteiger partial charge in [0.25, 0.3) is 0 Å². The molecule has 2 heterocycles. The van der Waals surface area contributed by atoms with E-state index in [0.29, 0.717) is 6.04 Å². The maximum Gasteiger partial charge on any atom is 0.0594 e. The maximum atomic E-state index is 5.41. The van der Waals surface area contributed by atoms with Crippen LogP contribution >= 0.6 is 11.3 Å². The first-order chi connectivity index (χ1) is 9.34. The Kier molecular flexibility index (Phi) is 3.97. The zero-order chi connectivity index (χ0) is 13.1. The van der Waals surface area contributed by atoms with Gasteiger partial charge in [0.05, 0.1) is 13.2 Å². The lowest BCUT2D eigenvalue weighted by molar-refractivity contribution is 0.0198. The van der Waals surface area contributed by atoms with Crippen molar-refractivity contribution in [2.75, 3.05) is 26.3 Å². The molecule has 1 fully saturated rings. The van der Waals surface area contributed by atoms with E-state index in [-0.39, 0.29) is 0 Å². The third-order valence-electron chi connectivity index (χ3n) is 3.84. The van der Waals surface area contributed by atoms with Crippen molar-refractivity contribution in [1.29, 1.82) is 0 Å². The van der Waals surface area contributed by atoms with Gasteiger partial charge < -0.3 is 4.74 Å². The van der Waals surface area contributed by atoms with Crippen molar-refractivity contribution < 1.29 is 4.74 Å². The quantitative estimate of drug-likeness (QED) is 0.843. The fourth-order valence-electron chi connectivity index (χ4n) is 2.56. The van der Waals surface area contributed by atoms with Crippen molar-refractivity contribution in [2.24, 2.45) is 0 Å². The summed E-state index contributed by atoms with van der Waals surface area (Å²) in [5, 5.41) is 4.32. The molecule has 2 nitrogen and oxygen atoms in total. The summed E-state index contributed by atoms with van der Waals surface area (Å²) in [5.41, 5.74) is 4.01. The van der Waals surface area contributed by atoms with Crippen LogP contribution in [0.3, 0.4) is 0 Å². The number of rotatable bonds is 3. The van der Waals surface area contributed by atoms with E-state index < -0.39 is 0 Å². The molecule has 3 rings (SSSR count). The molecule has 1 aromatic heterocycles. The zero-order valence-electron chi connectivity index (χ0n) is 11.2. The highest BCUT2D eigenvalue weighted by atomic mass is 32.1. The van der Waals surface area contributed by atoms with Crippen molar-refractivity contribution in [2.45, 2.75) is 13.0 Å². The monoisotopic (exact) mass is 273 g/mol. The molecule has 0 amide bonds. The maximum absolute atomic E-state index is 5.41. The van der Waals surface area contributed by atoms with Crippen LogP contribution < -0.4 is 0 Å². The fourth-order valence-corrected chi connectivity index (χ4v) is 3.22. The molecule has 19 heavy (non-hydrogen) atoms. The van der Waals surface area contributed by atoms with Crippen molar-refractivity contribution in [3.63, 3.8) is 0 Å². The van der Waals surface area contributed by atoms with E-state index in [1.54, 1.807) is 11.3 Å². The molecule has 0 saturated carbocycles. The Morgan fingerprint density at radius 3 is 2.42 bits per heavy atom. The lowest BCUT2D eigenvalue weighted by atomic mass is 10.0. The predicted octanol–water partition coefficient (Wildman–Crippen LogP) is 3.81. The number of ether oxygens (including phenoxy) is 1. The third-order valence-corrected chi connectivity index (χ3v) is 4.52. The number of hydrogen-bond donors (Lipinski definition) is 0. The average molecular weight is 273 g/mol. The molecule has 0 bridgehead atoms. The highest BCUT2D eigenvalue weighted by Gasteiger charge is 2.18. The third kappa shape index (κ3) is 2.89. The SMILES string of the molecule is C[C@@H](c1ccc(-c2ccsc2)cc1)N1CCOCC1. The first kappa shape index (κ1) is 12.9. The van der Waals surface area contributed by atoms with Gasteiger partial charge in [-0.05, 0) is 40.4 Å². The molecule has 100 valence electrons. The number of benzene rings is 1. The van der Waals surface area contributed by atoms with Crippen molar-refractivity contribution in [3.8, 4) is 11.1 Å². The molecule has 0 unspecified atom stereocenters. The number of thiophene rings is 1. The Morgan fingerprint density at radius 2 is 1.79 bits per heavy atom. The van der Waals surface area contributed by atoms with Gasteiger partial charge in [0.2, 0.25) is 0 Å². The van der Waals surface area contributed by atoms with Gasteiger partial charge in [-0.2, -0.15) is 11.3 Å². The van der Waals surface area contributed by atoms with Gasteiger partial charge in [-0.3, -0.25) is 4.90 Å². The highest BCUT2D eigenvalue weighted by Crippen LogP contribution is 2.26. The summed E-state index contributed by atoms with van der Waals surface area (Å²) in [7, 11) is 0. The van der Waals surface area contributed by atoms with Gasteiger partial charge in [0, 0.05) is 19.1 Å². The summed E-state index contributed by atoms with van der Waals surface area (Å²) in [4.78, 5) is 2.49. The molecular formula is C16H19NOS. The minimum Gasteiger partial charge on any atom is -0.379 e. The fraction of sp³-hybridized carbons (Fsp3) is 0.375. The second-order valence-corrected chi connectivity index (χ2v) is 5.74. The van der Waals surface area contributed by atoms with Crippen LogP contribution in [0.25, 0.3) is 11.1 Å². The van der Waals surface area contributed by atoms with E-state index in [1.807, 2.05) is 0 Å². The van der Waals surface area contributed by atoms with E-state index in [2.05, 4.69) is 52.9 Å². The molecule has 1 aliphatic heterocycles. The van der Waals surface area contributed by atoms with E-state index in [9.17, 15) is 0 Å². The summed E-state index contributed by atoms with van der Waals surface area (Å²) in [6, 6.07) is 11.6. The topological polar surface area (TPSA) is 12.5 Å². The minimum atomic E-state index is 0.473. The van der Waals surface area contributed by atoms with Crippen LogP contribution in [-0.4, -0.2) is 31.2 Å². The van der Waals surface area contributed by atoms with Gasteiger partial charge in [-0.1, -0.05) is 24.3 Å². The Morgan fingerprint density at radius 1 is 1.05 bits per heavy atom. The first-order valence-corrected chi connectivity index (χ1v) is 7.73. The minimum absolute atomic E-state index is 0.473. The molecule has 3 heteroatoms. The van der Waals surface area contributed by atoms with Crippen LogP contribution in [0, 0.1) is 0 Å². The summed E-state index contributed by atoms with van der Waals surface area (Å²) in [6.07, 6.45) is 0. The van der Waals surface area contributed by atoms with E-state index >= 15 is 0 Å². The molecule has 0 spiro atoms. The molecule has 1 atom stereocenters. The standard InChI is InChI=1S/C16H19NOS/c1-13(17-7-9-18-10-8-17)14-2-4-15(5-3-14)16-6-11-19-12-16/h2-6,11-13H,7-10H2,1H3/t13-/m0/s1. The smallest absolute Gasteiger partial charge is 0.0594 e. The summed E-state index contributed by atoms with van der Waals surface area (Å²) >= 11 is 1.75. The Balaban J connectivity index is 1.74.